The quantitative estimate of drug-likeness (QED) is 0.519. The molecule has 1 aromatic heterocycles. The minimum Gasteiger partial charge on any atom is -0.378 e. The third kappa shape index (κ3) is 5.25. The first kappa shape index (κ1) is 22.6. The van der Waals surface area contributed by atoms with Crippen LogP contribution >= 0.6 is 11.3 Å². The zero-order chi connectivity index (χ0) is 22.7. The van der Waals surface area contributed by atoms with Crippen molar-refractivity contribution in [2.45, 2.75) is 33.2 Å². The van der Waals surface area contributed by atoms with E-state index >= 15 is 0 Å². The van der Waals surface area contributed by atoms with Gasteiger partial charge in [-0.05, 0) is 50.9 Å². The van der Waals surface area contributed by atoms with E-state index in [4.69, 9.17) is 4.74 Å². The zero-order valence-corrected chi connectivity index (χ0v) is 19.3. The second kappa shape index (κ2) is 9.93. The number of thiazole rings is 1. The molecule has 1 aromatic carbocycles. The van der Waals surface area contributed by atoms with E-state index in [1.807, 2.05) is 11.8 Å². The highest BCUT2D eigenvalue weighted by Gasteiger charge is 2.24. The van der Waals surface area contributed by atoms with Crippen LogP contribution in [0.25, 0.3) is 0 Å². The van der Waals surface area contributed by atoms with Gasteiger partial charge in [0.2, 0.25) is 0 Å². The standard InChI is InChI=1S/C22H29N5O4S/c1-15-5-7-25(8-6-15)14-20-16(2)23-22(32-20)24-21(28)17-3-4-18(19(13-17)27(29)30)26-9-11-31-12-10-26/h3-4,13,15H,5-12,14H2,1-2H3,(H,23,24,28). The Morgan fingerprint density at radius 3 is 2.69 bits per heavy atom. The summed E-state index contributed by atoms with van der Waals surface area (Å²) < 4.78 is 5.33. The number of carbonyl (C=O) groups excluding carboxylic acids is 1. The van der Waals surface area contributed by atoms with Crippen molar-refractivity contribution in [1.82, 2.24) is 9.88 Å². The number of hydrogen-bond acceptors (Lipinski definition) is 8. The number of piperidine rings is 1. The molecule has 0 radical (unpaired) electrons. The van der Waals surface area contributed by atoms with Crippen LogP contribution in [0.5, 0.6) is 0 Å². The fourth-order valence-electron chi connectivity index (χ4n) is 4.10. The SMILES string of the molecule is Cc1nc(NC(=O)c2ccc(N3CCOCC3)c([N+](=O)[O-])c2)sc1CN1CCC(C)CC1. The Morgan fingerprint density at radius 2 is 2.00 bits per heavy atom. The van der Waals surface area contributed by atoms with E-state index < -0.39 is 10.8 Å². The van der Waals surface area contributed by atoms with Crippen molar-refractivity contribution < 1.29 is 14.5 Å². The number of likely N-dealkylation sites (tertiary alicyclic amines) is 1. The molecule has 1 amide bonds. The van der Waals surface area contributed by atoms with Gasteiger partial charge in [-0.25, -0.2) is 4.98 Å². The number of amides is 1. The summed E-state index contributed by atoms with van der Waals surface area (Å²) in [4.78, 5) is 34.0. The summed E-state index contributed by atoms with van der Waals surface area (Å²) in [5.74, 6) is 0.385. The van der Waals surface area contributed by atoms with Gasteiger partial charge in [-0.3, -0.25) is 25.1 Å². The maximum absolute atomic E-state index is 12.8. The Morgan fingerprint density at radius 1 is 1.28 bits per heavy atom. The molecule has 0 aliphatic carbocycles. The molecule has 0 bridgehead atoms. The number of rotatable bonds is 6. The Bertz CT molecular complexity index is 981. The van der Waals surface area contributed by atoms with Gasteiger partial charge in [-0.2, -0.15) is 0 Å². The molecule has 2 fully saturated rings. The van der Waals surface area contributed by atoms with E-state index in [-0.39, 0.29) is 11.3 Å². The first-order valence-corrected chi connectivity index (χ1v) is 11.8. The average molecular weight is 460 g/mol. The lowest BCUT2D eigenvalue weighted by molar-refractivity contribution is -0.384. The molecule has 10 heteroatoms. The number of aromatic nitrogens is 1. The molecule has 2 aliphatic rings. The number of hydrogen-bond donors (Lipinski definition) is 1. The molecular weight excluding hydrogens is 430 g/mol. The fourth-order valence-corrected chi connectivity index (χ4v) is 5.10. The number of carbonyl (C=O) groups is 1. The van der Waals surface area contributed by atoms with Crippen LogP contribution in [0.3, 0.4) is 0 Å². The highest BCUT2D eigenvalue weighted by atomic mass is 32.1. The zero-order valence-electron chi connectivity index (χ0n) is 18.5. The van der Waals surface area contributed by atoms with Gasteiger partial charge in [-0.1, -0.05) is 6.92 Å². The van der Waals surface area contributed by atoms with E-state index in [2.05, 4.69) is 22.1 Å². The van der Waals surface area contributed by atoms with Crippen molar-refractivity contribution in [3.63, 3.8) is 0 Å². The maximum atomic E-state index is 12.8. The van der Waals surface area contributed by atoms with E-state index in [1.165, 1.54) is 30.2 Å². The van der Waals surface area contributed by atoms with Crippen LogP contribution in [0.4, 0.5) is 16.5 Å². The van der Waals surface area contributed by atoms with Crippen molar-refractivity contribution in [3.8, 4) is 0 Å². The van der Waals surface area contributed by atoms with Gasteiger partial charge in [0.25, 0.3) is 11.6 Å². The molecule has 9 nitrogen and oxygen atoms in total. The molecule has 0 atom stereocenters. The fraction of sp³-hybridized carbons (Fsp3) is 0.545. The van der Waals surface area contributed by atoms with Crippen molar-refractivity contribution >= 4 is 33.8 Å². The van der Waals surface area contributed by atoms with E-state index in [1.54, 1.807) is 12.1 Å². The lowest BCUT2D eigenvalue weighted by atomic mass is 9.99. The highest BCUT2D eigenvalue weighted by molar-refractivity contribution is 7.15. The molecule has 32 heavy (non-hydrogen) atoms. The smallest absolute Gasteiger partial charge is 0.293 e. The minimum absolute atomic E-state index is 0.0742. The Hall–Kier alpha value is -2.56. The minimum atomic E-state index is -0.438. The first-order valence-electron chi connectivity index (χ1n) is 11.0. The number of ether oxygens (including phenoxy) is 1. The van der Waals surface area contributed by atoms with Gasteiger partial charge in [0.1, 0.15) is 5.69 Å². The molecule has 0 saturated carbocycles. The van der Waals surface area contributed by atoms with Crippen LogP contribution in [0, 0.1) is 23.0 Å². The normalized spacial score (nSPS) is 18.0. The summed E-state index contributed by atoms with van der Waals surface area (Å²) >= 11 is 1.47. The highest BCUT2D eigenvalue weighted by Crippen LogP contribution is 2.31. The monoisotopic (exact) mass is 459 g/mol. The summed E-state index contributed by atoms with van der Waals surface area (Å²) in [6.45, 7) is 9.48. The molecule has 2 aromatic rings. The molecule has 0 unspecified atom stereocenters. The Kier molecular flexibility index (Phi) is 7.02. The van der Waals surface area contributed by atoms with E-state index in [9.17, 15) is 14.9 Å². The van der Waals surface area contributed by atoms with Crippen molar-refractivity contribution in [2.75, 3.05) is 49.6 Å². The second-order valence-electron chi connectivity index (χ2n) is 8.50. The predicted octanol–water partition coefficient (Wildman–Crippen LogP) is 3.68. The lowest BCUT2D eigenvalue weighted by Gasteiger charge is -2.29. The number of nitro groups is 1. The van der Waals surface area contributed by atoms with Crippen LogP contribution in [-0.4, -0.2) is 60.1 Å². The molecule has 0 spiro atoms. The summed E-state index contributed by atoms with van der Waals surface area (Å²) in [5.41, 5.74) is 1.60. The molecule has 3 heterocycles. The molecule has 1 N–H and O–H groups in total. The van der Waals surface area contributed by atoms with Crippen molar-refractivity contribution in [2.24, 2.45) is 5.92 Å². The van der Waals surface area contributed by atoms with Crippen molar-refractivity contribution in [3.05, 3.63) is 44.4 Å². The number of anilines is 2. The molecule has 4 rings (SSSR count). The molecule has 172 valence electrons. The van der Waals surface area contributed by atoms with Gasteiger partial charge in [0.15, 0.2) is 5.13 Å². The largest absolute Gasteiger partial charge is 0.378 e. The predicted molar refractivity (Wildman–Crippen MR) is 125 cm³/mol. The third-order valence-corrected chi connectivity index (χ3v) is 7.20. The van der Waals surface area contributed by atoms with Gasteiger partial charge < -0.3 is 9.64 Å². The first-order chi connectivity index (χ1) is 15.4. The van der Waals surface area contributed by atoms with Crippen LogP contribution in [0.2, 0.25) is 0 Å². The van der Waals surface area contributed by atoms with Gasteiger partial charge in [0.05, 0.1) is 23.8 Å². The molecule has 2 aliphatic heterocycles. The third-order valence-electron chi connectivity index (χ3n) is 6.14. The second-order valence-corrected chi connectivity index (χ2v) is 9.58. The lowest BCUT2D eigenvalue weighted by Crippen LogP contribution is -2.36. The topological polar surface area (TPSA) is 101 Å². The number of nitro benzene ring substituents is 1. The number of morpholine rings is 1. The van der Waals surface area contributed by atoms with Crippen LogP contribution in [0.15, 0.2) is 18.2 Å². The number of benzene rings is 1. The number of nitrogens with one attached hydrogen (secondary N) is 1. The average Bonchev–Trinajstić information content (AvgIpc) is 3.13. The number of nitrogens with zero attached hydrogens (tertiary/aromatic N) is 4. The maximum Gasteiger partial charge on any atom is 0.293 e. The van der Waals surface area contributed by atoms with E-state index in [0.717, 1.165) is 36.1 Å². The van der Waals surface area contributed by atoms with Gasteiger partial charge in [0, 0.05) is 36.1 Å². The Labute approximate surface area is 191 Å². The molecular formula is C22H29N5O4S. The molecule has 2 saturated heterocycles. The van der Waals surface area contributed by atoms with Crippen LogP contribution in [0.1, 0.15) is 40.7 Å². The van der Waals surface area contributed by atoms with E-state index in [0.29, 0.717) is 37.1 Å². The summed E-state index contributed by atoms with van der Waals surface area (Å²) in [6, 6.07) is 4.62. The number of aryl methyl sites for hydroxylation is 1. The van der Waals surface area contributed by atoms with Crippen molar-refractivity contribution in [1.29, 1.82) is 0 Å². The summed E-state index contributed by atoms with van der Waals surface area (Å²) in [7, 11) is 0. The van der Waals surface area contributed by atoms with Gasteiger partial charge >= 0.3 is 0 Å². The summed E-state index contributed by atoms with van der Waals surface area (Å²) in [6.07, 6.45) is 2.42. The summed E-state index contributed by atoms with van der Waals surface area (Å²) in [5, 5.41) is 15.0. The van der Waals surface area contributed by atoms with Crippen LogP contribution in [-0.2, 0) is 11.3 Å². The Balaban J connectivity index is 1.45. The van der Waals surface area contributed by atoms with Crippen LogP contribution < -0.4 is 10.2 Å². The van der Waals surface area contributed by atoms with Gasteiger partial charge in [-0.15, -0.1) is 11.3 Å².